The molecule has 5 nitrogen and oxygen atoms in total. The number of rotatable bonds is 5. The number of nitrogens with zero attached hydrogens (tertiary/aromatic N) is 2. The van der Waals surface area contributed by atoms with E-state index < -0.39 is 11.8 Å². The first-order valence-corrected chi connectivity index (χ1v) is 6.94. The molecule has 0 bridgehead atoms. The molecule has 0 aliphatic heterocycles. The quantitative estimate of drug-likeness (QED) is 0.853. The molecular weight excluding hydrogens is 283 g/mol. The van der Waals surface area contributed by atoms with E-state index >= 15 is 0 Å². The normalized spacial score (nSPS) is 11.0. The molecule has 0 aliphatic carbocycles. The molecule has 0 unspecified atom stereocenters. The zero-order chi connectivity index (χ0) is 14.7. The summed E-state index contributed by atoms with van der Waals surface area (Å²) in [4.78, 5) is 15.3. The number of halogens is 1. The highest BCUT2D eigenvalue weighted by Gasteiger charge is 2.13. The summed E-state index contributed by atoms with van der Waals surface area (Å²) in [6.07, 6.45) is 0. The highest BCUT2D eigenvalue weighted by molar-refractivity contribution is 7.98. The van der Waals surface area contributed by atoms with Gasteiger partial charge in [-0.3, -0.25) is 0 Å². The standard InChI is InChI=1S/C13H13FN2O3S/c1-7(2)12-15-11(16-19-12)6-20-10-5-8(13(17)18)3-4-9(10)14/h3-5,7H,6H2,1-2H3,(H,17,18). The lowest BCUT2D eigenvalue weighted by Crippen LogP contribution is -1.97. The Morgan fingerprint density at radius 2 is 2.25 bits per heavy atom. The van der Waals surface area contributed by atoms with Crippen molar-refractivity contribution in [3.05, 3.63) is 41.3 Å². The van der Waals surface area contributed by atoms with Crippen molar-refractivity contribution < 1.29 is 18.8 Å². The van der Waals surface area contributed by atoms with Gasteiger partial charge < -0.3 is 9.63 Å². The van der Waals surface area contributed by atoms with Gasteiger partial charge in [0.15, 0.2) is 5.82 Å². The molecule has 2 aromatic rings. The number of aromatic carboxylic acids is 1. The van der Waals surface area contributed by atoms with Crippen LogP contribution in [-0.4, -0.2) is 21.2 Å². The molecule has 0 radical (unpaired) electrons. The Morgan fingerprint density at radius 3 is 2.85 bits per heavy atom. The van der Waals surface area contributed by atoms with Crippen LogP contribution in [0.1, 0.15) is 41.8 Å². The Hall–Kier alpha value is -1.89. The molecule has 106 valence electrons. The number of hydrogen-bond acceptors (Lipinski definition) is 5. The Balaban J connectivity index is 2.09. The second-order valence-corrected chi connectivity index (χ2v) is 5.46. The van der Waals surface area contributed by atoms with Crippen molar-refractivity contribution in [2.75, 3.05) is 0 Å². The monoisotopic (exact) mass is 296 g/mol. The minimum Gasteiger partial charge on any atom is -0.478 e. The topological polar surface area (TPSA) is 76.2 Å². The molecular formula is C13H13FN2O3S. The summed E-state index contributed by atoms with van der Waals surface area (Å²) in [7, 11) is 0. The highest BCUT2D eigenvalue weighted by Crippen LogP contribution is 2.26. The molecule has 0 fully saturated rings. The molecule has 7 heteroatoms. The van der Waals surface area contributed by atoms with E-state index in [1.54, 1.807) is 0 Å². The first kappa shape index (κ1) is 14.5. The second kappa shape index (κ2) is 6.04. The Kier molecular flexibility index (Phi) is 4.39. The Bertz CT molecular complexity index is 628. The molecule has 1 aromatic carbocycles. The van der Waals surface area contributed by atoms with Gasteiger partial charge in [-0.25, -0.2) is 9.18 Å². The molecule has 0 amide bonds. The van der Waals surface area contributed by atoms with Crippen molar-refractivity contribution in [3.63, 3.8) is 0 Å². The molecule has 0 saturated carbocycles. The lowest BCUT2D eigenvalue weighted by atomic mass is 10.2. The molecule has 0 saturated heterocycles. The number of aromatic nitrogens is 2. The van der Waals surface area contributed by atoms with Crippen LogP contribution in [0.3, 0.4) is 0 Å². The van der Waals surface area contributed by atoms with Gasteiger partial charge in [0.2, 0.25) is 5.89 Å². The Labute approximate surface area is 119 Å². The van der Waals surface area contributed by atoms with Crippen LogP contribution in [0, 0.1) is 5.82 Å². The molecule has 0 atom stereocenters. The maximum atomic E-state index is 13.6. The van der Waals surface area contributed by atoms with E-state index in [9.17, 15) is 9.18 Å². The Morgan fingerprint density at radius 1 is 1.50 bits per heavy atom. The maximum Gasteiger partial charge on any atom is 0.335 e. The van der Waals surface area contributed by atoms with Gasteiger partial charge in [0.05, 0.1) is 11.3 Å². The summed E-state index contributed by atoms with van der Waals surface area (Å²) in [5, 5.41) is 12.7. The number of carboxylic acids is 1. The van der Waals surface area contributed by atoms with Gasteiger partial charge in [-0.2, -0.15) is 4.98 Å². The van der Waals surface area contributed by atoms with Crippen molar-refractivity contribution in [2.24, 2.45) is 0 Å². The van der Waals surface area contributed by atoms with Crippen LogP contribution in [0.25, 0.3) is 0 Å². The first-order valence-electron chi connectivity index (χ1n) is 5.95. The minimum atomic E-state index is -1.09. The third-order valence-electron chi connectivity index (χ3n) is 2.51. The second-order valence-electron chi connectivity index (χ2n) is 4.44. The lowest BCUT2D eigenvalue weighted by molar-refractivity contribution is 0.0696. The van der Waals surface area contributed by atoms with Gasteiger partial charge in [0.25, 0.3) is 0 Å². The number of benzene rings is 1. The largest absolute Gasteiger partial charge is 0.478 e. The zero-order valence-electron chi connectivity index (χ0n) is 11.0. The van der Waals surface area contributed by atoms with E-state index in [1.807, 2.05) is 13.8 Å². The van der Waals surface area contributed by atoms with E-state index in [1.165, 1.54) is 12.1 Å². The fraction of sp³-hybridized carbons (Fsp3) is 0.308. The number of carboxylic acid groups (broad SMARTS) is 1. The highest BCUT2D eigenvalue weighted by atomic mass is 32.2. The van der Waals surface area contributed by atoms with Crippen molar-refractivity contribution in [1.82, 2.24) is 10.1 Å². The van der Waals surface area contributed by atoms with Crippen LogP contribution < -0.4 is 0 Å². The van der Waals surface area contributed by atoms with Crippen LogP contribution in [0.5, 0.6) is 0 Å². The fourth-order valence-corrected chi connectivity index (χ4v) is 2.27. The van der Waals surface area contributed by atoms with E-state index in [2.05, 4.69) is 10.1 Å². The summed E-state index contributed by atoms with van der Waals surface area (Å²) in [6, 6.07) is 3.67. The third-order valence-corrected chi connectivity index (χ3v) is 3.54. The molecule has 20 heavy (non-hydrogen) atoms. The summed E-state index contributed by atoms with van der Waals surface area (Å²) in [5.74, 6) is -0.121. The summed E-state index contributed by atoms with van der Waals surface area (Å²) >= 11 is 1.13. The number of hydrogen-bond donors (Lipinski definition) is 1. The average molecular weight is 296 g/mol. The lowest BCUT2D eigenvalue weighted by Gasteiger charge is -2.02. The molecule has 2 rings (SSSR count). The molecule has 1 aromatic heterocycles. The van der Waals surface area contributed by atoms with E-state index in [-0.39, 0.29) is 16.4 Å². The van der Waals surface area contributed by atoms with Gasteiger partial charge in [-0.05, 0) is 18.2 Å². The van der Waals surface area contributed by atoms with E-state index in [4.69, 9.17) is 9.63 Å². The maximum absolute atomic E-state index is 13.6. The first-order chi connectivity index (χ1) is 9.47. The summed E-state index contributed by atoms with van der Waals surface area (Å²) in [5.41, 5.74) is 0.0462. The number of thioether (sulfide) groups is 1. The van der Waals surface area contributed by atoms with Gasteiger partial charge in [0.1, 0.15) is 5.82 Å². The fourth-order valence-electron chi connectivity index (χ4n) is 1.45. The SMILES string of the molecule is CC(C)c1nc(CSc2cc(C(=O)O)ccc2F)no1. The molecule has 0 aliphatic rings. The van der Waals surface area contributed by atoms with Crippen LogP contribution >= 0.6 is 11.8 Å². The van der Waals surface area contributed by atoms with Crippen LogP contribution in [0.2, 0.25) is 0 Å². The third kappa shape index (κ3) is 3.36. The number of carbonyl (C=O) groups is 1. The smallest absolute Gasteiger partial charge is 0.335 e. The van der Waals surface area contributed by atoms with Gasteiger partial charge >= 0.3 is 5.97 Å². The van der Waals surface area contributed by atoms with Gasteiger partial charge in [0, 0.05) is 10.8 Å². The summed E-state index contributed by atoms with van der Waals surface area (Å²) < 4.78 is 18.6. The molecule has 0 spiro atoms. The predicted molar refractivity (Wildman–Crippen MR) is 71.3 cm³/mol. The van der Waals surface area contributed by atoms with Crippen molar-refractivity contribution >= 4 is 17.7 Å². The van der Waals surface area contributed by atoms with Gasteiger partial charge in [-0.1, -0.05) is 19.0 Å². The van der Waals surface area contributed by atoms with E-state index in [0.717, 1.165) is 17.8 Å². The van der Waals surface area contributed by atoms with Gasteiger partial charge in [-0.15, -0.1) is 11.8 Å². The van der Waals surface area contributed by atoms with Crippen LogP contribution in [0.4, 0.5) is 4.39 Å². The van der Waals surface area contributed by atoms with Crippen molar-refractivity contribution in [3.8, 4) is 0 Å². The van der Waals surface area contributed by atoms with Crippen LogP contribution in [0.15, 0.2) is 27.6 Å². The minimum absolute atomic E-state index is 0.0462. The molecule has 1 N–H and O–H groups in total. The summed E-state index contributed by atoms with van der Waals surface area (Å²) in [6.45, 7) is 3.86. The molecule has 1 heterocycles. The van der Waals surface area contributed by atoms with Crippen molar-refractivity contribution in [2.45, 2.75) is 30.4 Å². The zero-order valence-corrected chi connectivity index (χ0v) is 11.8. The van der Waals surface area contributed by atoms with E-state index in [0.29, 0.717) is 17.5 Å². The van der Waals surface area contributed by atoms with Crippen LogP contribution in [-0.2, 0) is 5.75 Å². The van der Waals surface area contributed by atoms with Crippen molar-refractivity contribution in [1.29, 1.82) is 0 Å². The average Bonchev–Trinajstić information content (AvgIpc) is 2.86. The predicted octanol–water partition coefficient (Wildman–Crippen LogP) is 3.32.